The molecule has 2 unspecified atom stereocenters. The molecule has 3 amide bonds. The molecule has 11 heteroatoms. The van der Waals surface area contributed by atoms with Crippen LogP contribution in [0.25, 0.3) is 5.57 Å². The molecule has 2 aliphatic carbocycles. The number of carbonyl (C=O) groups excluding carboxylic acids is 2. The van der Waals surface area contributed by atoms with E-state index < -0.39 is 24.4 Å². The van der Waals surface area contributed by atoms with Crippen LogP contribution >= 0.6 is 0 Å². The van der Waals surface area contributed by atoms with Crippen LogP contribution in [0, 0.1) is 5.92 Å². The normalized spacial score (nSPS) is 31.4. The Kier molecular flexibility index (Phi) is 4.68. The molecule has 1 aromatic heterocycles. The van der Waals surface area contributed by atoms with E-state index in [4.69, 9.17) is 0 Å². The molecular weight excluding hydrogens is 430 g/mol. The summed E-state index contributed by atoms with van der Waals surface area (Å²) in [6.07, 6.45) is 5.72. The quantitative estimate of drug-likeness (QED) is 0.716. The molecule has 2 aliphatic heterocycles. The minimum atomic E-state index is -2.75. The van der Waals surface area contributed by atoms with Gasteiger partial charge in [0.05, 0.1) is 12.2 Å². The Morgan fingerprint density at radius 3 is 2.88 bits per heavy atom. The zero-order chi connectivity index (χ0) is 22.8. The number of urea groups is 1. The first-order valence-electron chi connectivity index (χ1n) is 10.3. The number of aromatic nitrogens is 2. The third kappa shape index (κ3) is 3.30. The summed E-state index contributed by atoms with van der Waals surface area (Å²) in [7, 11) is 0. The molecule has 4 atom stereocenters. The Bertz CT molecular complexity index is 1080. The summed E-state index contributed by atoms with van der Waals surface area (Å²) in [6, 6.07) is -0.860. The highest BCUT2D eigenvalue weighted by Crippen LogP contribution is 2.42. The van der Waals surface area contributed by atoms with Crippen LogP contribution in [0.15, 0.2) is 41.9 Å². The summed E-state index contributed by atoms with van der Waals surface area (Å²) in [5.74, 6) is -0.252. The number of nitrogens with zero attached hydrogens (tertiary/aromatic N) is 4. The van der Waals surface area contributed by atoms with Gasteiger partial charge in [-0.25, -0.2) is 18.3 Å². The number of hydrogen-bond donors (Lipinski definition) is 1. The summed E-state index contributed by atoms with van der Waals surface area (Å²) in [5.41, 5.74) is -0.593. The molecule has 0 radical (unpaired) electrons. The number of likely N-dealkylation sites (tertiary alicyclic amines) is 1. The molecule has 1 N–H and O–H groups in total. The number of nitrogens with one attached hydrogen (secondary N) is 1. The van der Waals surface area contributed by atoms with Gasteiger partial charge in [-0.05, 0) is 37.0 Å². The van der Waals surface area contributed by atoms with Crippen LogP contribution < -0.4 is 5.32 Å². The van der Waals surface area contributed by atoms with Crippen LogP contribution in [0.5, 0.6) is 0 Å². The van der Waals surface area contributed by atoms with Crippen LogP contribution in [-0.2, 0) is 4.79 Å². The summed E-state index contributed by atoms with van der Waals surface area (Å²) < 4.78 is 55.3. The highest BCUT2D eigenvalue weighted by molar-refractivity contribution is 5.89. The molecule has 2 bridgehead atoms. The van der Waals surface area contributed by atoms with E-state index in [1.165, 1.54) is 18.5 Å². The molecule has 170 valence electrons. The van der Waals surface area contributed by atoms with Crippen molar-refractivity contribution in [1.82, 2.24) is 24.9 Å². The van der Waals surface area contributed by atoms with E-state index in [2.05, 4.69) is 10.4 Å². The summed E-state index contributed by atoms with van der Waals surface area (Å²) in [6.45, 7) is -1.67. The lowest BCUT2D eigenvalue weighted by Gasteiger charge is -2.37. The van der Waals surface area contributed by atoms with E-state index in [-0.39, 0.29) is 42.2 Å². The van der Waals surface area contributed by atoms with Gasteiger partial charge in [0.2, 0.25) is 5.91 Å². The van der Waals surface area contributed by atoms with Crippen LogP contribution in [-0.4, -0.2) is 69.0 Å². The average Bonchev–Trinajstić information content (AvgIpc) is 3.47. The molecule has 32 heavy (non-hydrogen) atoms. The molecule has 1 saturated heterocycles. The average molecular weight is 451 g/mol. The van der Waals surface area contributed by atoms with Gasteiger partial charge in [0.25, 0.3) is 0 Å². The van der Waals surface area contributed by atoms with Crippen molar-refractivity contribution in [2.75, 3.05) is 19.6 Å². The van der Waals surface area contributed by atoms with Crippen molar-refractivity contribution >= 4 is 17.5 Å². The Morgan fingerprint density at radius 1 is 1.41 bits per heavy atom. The SMILES string of the molecule is CC1(F)C=CC2=C(CN(CC(=O)N3C[C@H]4C=C(c5cnn(C(F)F)c5)[C@@H]3C4)C(=O)N2)C1F. The lowest BCUT2D eigenvalue weighted by atomic mass is 9.88. The Labute approximate surface area is 181 Å². The second kappa shape index (κ2) is 7.21. The third-order valence-corrected chi connectivity index (χ3v) is 6.50. The summed E-state index contributed by atoms with van der Waals surface area (Å²) >= 11 is 0. The first-order valence-corrected chi connectivity index (χ1v) is 10.3. The fraction of sp³-hybridized carbons (Fsp3) is 0.476. The van der Waals surface area contributed by atoms with Gasteiger partial charge in [0, 0.05) is 36.1 Å². The maximum atomic E-state index is 14.6. The first kappa shape index (κ1) is 20.8. The van der Waals surface area contributed by atoms with Gasteiger partial charge in [-0.15, -0.1) is 0 Å². The van der Waals surface area contributed by atoms with Crippen LogP contribution in [0.3, 0.4) is 0 Å². The van der Waals surface area contributed by atoms with Crippen molar-refractivity contribution in [3.63, 3.8) is 0 Å². The van der Waals surface area contributed by atoms with Gasteiger partial charge >= 0.3 is 12.6 Å². The molecule has 5 rings (SSSR count). The molecule has 7 nitrogen and oxygen atoms in total. The van der Waals surface area contributed by atoms with E-state index in [1.54, 1.807) is 4.90 Å². The lowest BCUT2D eigenvalue weighted by Crippen LogP contribution is -2.54. The fourth-order valence-electron chi connectivity index (χ4n) is 4.86. The Hall–Kier alpha value is -3.11. The molecule has 3 heterocycles. The topological polar surface area (TPSA) is 70.5 Å². The highest BCUT2D eigenvalue weighted by Gasteiger charge is 2.45. The maximum absolute atomic E-state index is 14.6. The van der Waals surface area contributed by atoms with E-state index in [0.717, 1.165) is 23.5 Å². The number of fused-ring (bicyclic) bond motifs is 2. The number of alkyl halides is 4. The van der Waals surface area contributed by atoms with Gasteiger partial charge in [-0.3, -0.25) is 4.79 Å². The minimum Gasteiger partial charge on any atom is -0.333 e. The largest absolute Gasteiger partial charge is 0.333 e. The standard InChI is InChI=1S/C21H21F4N5O2/c1-21(25)3-2-15-14(18(21)22)9-28(20(32)27-15)10-17(31)29-7-11-4-13(16(29)5-11)12-6-26-30(8-12)19(23)24/h2-4,6,8,11,16,18-19H,5,7,9-10H2,1H3,(H,27,32)/t11-,16-,18?,21?/m0/s1. The minimum absolute atomic E-state index is 0.0873. The maximum Gasteiger partial charge on any atom is 0.333 e. The Morgan fingerprint density at radius 2 is 2.19 bits per heavy atom. The van der Waals surface area contributed by atoms with E-state index in [1.807, 2.05) is 6.08 Å². The van der Waals surface area contributed by atoms with Gasteiger partial charge in [0.15, 0.2) is 11.8 Å². The Balaban J connectivity index is 1.30. The predicted molar refractivity (Wildman–Crippen MR) is 106 cm³/mol. The monoisotopic (exact) mass is 451 g/mol. The van der Waals surface area contributed by atoms with Crippen molar-refractivity contribution in [3.05, 3.63) is 47.5 Å². The summed E-state index contributed by atoms with van der Waals surface area (Å²) in [5, 5.41) is 6.18. The van der Waals surface area contributed by atoms with Crippen molar-refractivity contribution in [2.45, 2.75) is 37.8 Å². The zero-order valence-corrected chi connectivity index (χ0v) is 17.1. The third-order valence-electron chi connectivity index (χ3n) is 6.50. The molecule has 4 aliphatic rings. The second-order valence-electron chi connectivity index (χ2n) is 8.74. The van der Waals surface area contributed by atoms with Gasteiger partial charge in [-0.2, -0.15) is 13.9 Å². The molecule has 1 fully saturated rings. The molecule has 1 aromatic rings. The number of allylic oxidation sites excluding steroid dienone is 2. The number of carbonyl (C=O) groups is 2. The van der Waals surface area contributed by atoms with E-state index in [0.29, 0.717) is 23.2 Å². The summed E-state index contributed by atoms with van der Waals surface area (Å²) in [4.78, 5) is 28.3. The van der Waals surface area contributed by atoms with Crippen molar-refractivity contribution < 1.29 is 27.2 Å². The van der Waals surface area contributed by atoms with Gasteiger partial charge in [-0.1, -0.05) is 6.08 Å². The molecule has 0 saturated carbocycles. The number of amides is 3. The van der Waals surface area contributed by atoms with E-state index >= 15 is 0 Å². The van der Waals surface area contributed by atoms with Crippen molar-refractivity contribution in [1.29, 1.82) is 0 Å². The van der Waals surface area contributed by atoms with Crippen molar-refractivity contribution in [2.24, 2.45) is 5.92 Å². The first-order chi connectivity index (χ1) is 15.1. The lowest BCUT2D eigenvalue weighted by molar-refractivity contribution is -0.131. The fourth-order valence-corrected chi connectivity index (χ4v) is 4.86. The number of rotatable bonds is 4. The smallest absolute Gasteiger partial charge is 0.333 e. The van der Waals surface area contributed by atoms with E-state index in [9.17, 15) is 27.2 Å². The number of halogens is 4. The van der Waals surface area contributed by atoms with Crippen LogP contribution in [0.2, 0.25) is 0 Å². The molecule has 0 aromatic carbocycles. The molecule has 0 spiro atoms. The van der Waals surface area contributed by atoms with Gasteiger partial charge in [0.1, 0.15) is 6.54 Å². The van der Waals surface area contributed by atoms with Crippen molar-refractivity contribution in [3.8, 4) is 0 Å². The van der Waals surface area contributed by atoms with Crippen LogP contribution in [0.4, 0.5) is 22.4 Å². The zero-order valence-electron chi connectivity index (χ0n) is 17.1. The highest BCUT2D eigenvalue weighted by atomic mass is 19.3. The number of hydrogen-bond acceptors (Lipinski definition) is 3. The van der Waals surface area contributed by atoms with Gasteiger partial charge < -0.3 is 15.1 Å². The second-order valence-corrected chi connectivity index (χ2v) is 8.74. The predicted octanol–water partition coefficient (Wildman–Crippen LogP) is 2.81. The molecular formula is C21H21F4N5O2. The van der Waals surface area contributed by atoms with Crippen LogP contribution in [0.1, 0.15) is 25.5 Å².